The number of aliphatic imine (C=N–C) groups is 2. The molecule has 0 saturated carbocycles. The highest BCUT2D eigenvalue weighted by Crippen LogP contribution is 2.16. The van der Waals surface area contributed by atoms with E-state index < -0.39 is 0 Å². The van der Waals surface area contributed by atoms with Crippen LogP contribution in [0.2, 0.25) is 0 Å². The summed E-state index contributed by atoms with van der Waals surface area (Å²) < 4.78 is 0. The number of nitrogens with zero attached hydrogens (tertiary/aromatic N) is 2. The second-order valence-electron chi connectivity index (χ2n) is 8.75. The van der Waals surface area contributed by atoms with Crippen LogP contribution in [0, 0.1) is 0 Å². The van der Waals surface area contributed by atoms with Crippen molar-refractivity contribution in [1.29, 1.82) is 0 Å². The summed E-state index contributed by atoms with van der Waals surface area (Å²) in [6, 6.07) is 22.1. The molecule has 182 valence electrons. The van der Waals surface area contributed by atoms with Gasteiger partial charge in [-0.15, -0.1) is 0 Å². The molecule has 5 rings (SSSR count). The summed E-state index contributed by atoms with van der Waals surface area (Å²) in [6.45, 7) is 3.42. The van der Waals surface area contributed by atoms with Crippen LogP contribution in [0.1, 0.15) is 31.8 Å². The van der Waals surface area contributed by atoms with Gasteiger partial charge in [0.25, 0.3) is 11.8 Å². The number of carbonyl (C=O) groups is 2. The molecule has 0 bridgehead atoms. The Labute approximate surface area is 209 Å². The summed E-state index contributed by atoms with van der Waals surface area (Å²) >= 11 is 0. The molecule has 0 saturated heterocycles. The first-order chi connectivity index (χ1) is 17.6. The molecule has 0 aliphatic carbocycles. The van der Waals surface area contributed by atoms with Gasteiger partial charge >= 0.3 is 0 Å². The van der Waals surface area contributed by atoms with E-state index in [1.165, 1.54) is 0 Å². The number of rotatable bonds is 8. The predicted octanol–water partition coefficient (Wildman–Crippen LogP) is 3.28. The number of carbonyl (C=O) groups excluding carboxylic acids is 2. The fourth-order valence-electron chi connectivity index (χ4n) is 4.14. The molecule has 0 unspecified atom stereocenters. The summed E-state index contributed by atoms with van der Waals surface area (Å²) in [5.41, 5.74) is 4.46. The van der Waals surface area contributed by atoms with Crippen molar-refractivity contribution in [3.05, 3.63) is 95.1 Å². The Morgan fingerprint density at radius 1 is 0.667 bits per heavy atom. The van der Waals surface area contributed by atoms with Crippen molar-refractivity contribution in [2.45, 2.75) is 12.8 Å². The molecule has 36 heavy (non-hydrogen) atoms. The molecule has 0 spiro atoms. The van der Waals surface area contributed by atoms with Gasteiger partial charge in [-0.05, 0) is 53.6 Å². The second-order valence-corrected chi connectivity index (χ2v) is 8.75. The molecule has 0 aromatic heterocycles. The van der Waals surface area contributed by atoms with Crippen molar-refractivity contribution in [3.8, 4) is 0 Å². The van der Waals surface area contributed by atoms with Gasteiger partial charge in [0.1, 0.15) is 11.7 Å². The average Bonchev–Trinajstić information content (AvgIpc) is 3.61. The van der Waals surface area contributed by atoms with E-state index in [1.807, 2.05) is 48.5 Å². The smallest absolute Gasteiger partial charge is 0.255 e. The maximum atomic E-state index is 12.8. The van der Waals surface area contributed by atoms with Crippen LogP contribution in [0.25, 0.3) is 0 Å². The second kappa shape index (κ2) is 10.9. The molecule has 3 aromatic rings. The Morgan fingerprint density at radius 2 is 1.11 bits per heavy atom. The quantitative estimate of drug-likeness (QED) is 0.397. The van der Waals surface area contributed by atoms with Crippen LogP contribution in [0.5, 0.6) is 0 Å². The Bertz CT molecular complexity index is 1210. The zero-order chi connectivity index (χ0) is 24.7. The first-order valence-corrected chi connectivity index (χ1v) is 12.1. The van der Waals surface area contributed by atoms with Crippen molar-refractivity contribution < 1.29 is 9.59 Å². The van der Waals surface area contributed by atoms with Crippen LogP contribution in [-0.2, 0) is 12.8 Å². The van der Waals surface area contributed by atoms with Crippen LogP contribution in [0.4, 0.5) is 11.4 Å². The molecular weight excluding hydrogens is 452 g/mol. The van der Waals surface area contributed by atoms with Crippen molar-refractivity contribution in [1.82, 2.24) is 10.6 Å². The lowest BCUT2D eigenvalue weighted by molar-refractivity contribution is 0.102. The van der Waals surface area contributed by atoms with Crippen LogP contribution in [-0.4, -0.2) is 49.7 Å². The molecule has 8 heteroatoms. The summed E-state index contributed by atoms with van der Waals surface area (Å²) in [5, 5.41) is 12.3. The number of amides is 2. The minimum Gasteiger partial charge on any atom is -0.372 e. The van der Waals surface area contributed by atoms with E-state index in [2.05, 4.69) is 31.3 Å². The topological polar surface area (TPSA) is 107 Å². The molecule has 2 heterocycles. The molecule has 2 aliphatic rings. The first-order valence-electron chi connectivity index (χ1n) is 12.1. The number of nitrogens with one attached hydrogen (secondary N) is 4. The number of anilines is 2. The van der Waals surface area contributed by atoms with Crippen molar-refractivity contribution in [2.75, 3.05) is 36.8 Å². The van der Waals surface area contributed by atoms with Crippen LogP contribution < -0.4 is 21.3 Å². The first kappa shape index (κ1) is 23.3. The molecule has 0 fully saturated rings. The fourth-order valence-corrected chi connectivity index (χ4v) is 4.14. The van der Waals surface area contributed by atoms with E-state index in [1.54, 1.807) is 24.3 Å². The Kier molecular flexibility index (Phi) is 7.02. The zero-order valence-electron chi connectivity index (χ0n) is 19.9. The molecular formula is C28H28N6O2. The highest BCUT2D eigenvalue weighted by molar-refractivity contribution is 6.08. The van der Waals surface area contributed by atoms with Gasteiger partial charge in [-0.2, -0.15) is 0 Å². The van der Waals surface area contributed by atoms with Gasteiger partial charge in [0.05, 0.1) is 13.1 Å². The fraction of sp³-hybridized carbons (Fsp3) is 0.214. The Balaban J connectivity index is 1.17. The van der Waals surface area contributed by atoms with Crippen LogP contribution in [0.3, 0.4) is 0 Å². The number of hydrogen-bond donors (Lipinski definition) is 4. The maximum Gasteiger partial charge on any atom is 0.255 e. The Hall–Kier alpha value is -4.46. The van der Waals surface area contributed by atoms with E-state index in [4.69, 9.17) is 0 Å². The summed E-state index contributed by atoms with van der Waals surface area (Å²) in [5.74, 6) is 1.45. The number of benzene rings is 3. The van der Waals surface area contributed by atoms with Gasteiger partial charge in [-0.25, -0.2) is 0 Å². The minimum absolute atomic E-state index is 0.271. The lowest BCUT2D eigenvalue weighted by Gasteiger charge is -2.10. The van der Waals surface area contributed by atoms with Gasteiger partial charge in [0.2, 0.25) is 0 Å². The summed E-state index contributed by atoms with van der Waals surface area (Å²) in [6.07, 6.45) is 1.50. The van der Waals surface area contributed by atoms with Crippen molar-refractivity contribution in [2.24, 2.45) is 9.98 Å². The summed E-state index contributed by atoms with van der Waals surface area (Å²) in [7, 11) is 0. The van der Waals surface area contributed by atoms with Gasteiger partial charge < -0.3 is 21.3 Å². The normalized spacial score (nSPS) is 14.3. The zero-order valence-corrected chi connectivity index (χ0v) is 19.9. The van der Waals surface area contributed by atoms with E-state index in [9.17, 15) is 9.59 Å². The van der Waals surface area contributed by atoms with Crippen LogP contribution in [0.15, 0.2) is 82.8 Å². The van der Waals surface area contributed by atoms with E-state index in [0.29, 0.717) is 22.5 Å². The maximum absolute atomic E-state index is 12.8. The van der Waals surface area contributed by atoms with Gasteiger partial charge in [0.15, 0.2) is 0 Å². The SMILES string of the molecule is O=C(Nc1ccc(CC2=NCCN2)cc1)c1cccc(C(=O)Nc2ccc(CC3=NCCN3)cc2)c1. The molecule has 0 atom stereocenters. The van der Waals surface area contributed by atoms with E-state index >= 15 is 0 Å². The number of hydrogen-bond acceptors (Lipinski definition) is 6. The van der Waals surface area contributed by atoms with Crippen molar-refractivity contribution >= 4 is 34.9 Å². The Morgan fingerprint density at radius 3 is 1.50 bits per heavy atom. The van der Waals surface area contributed by atoms with Crippen LogP contribution >= 0.6 is 0 Å². The largest absolute Gasteiger partial charge is 0.372 e. The third kappa shape index (κ3) is 5.96. The molecule has 2 amide bonds. The monoisotopic (exact) mass is 480 g/mol. The van der Waals surface area contributed by atoms with Crippen molar-refractivity contribution in [3.63, 3.8) is 0 Å². The predicted molar refractivity (Wildman–Crippen MR) is 143 cm³/mol. The standard InChI is InChI=1S/C28H28N6O2/c35-27(33-23-8-4-19(5-9-23)16-25-29-12-13-30-25)21-2-1-3-22(18-21)28(36)34-24-10-6-20(7-11-24)17-26-31-14-15-32-26/h1-11,18H,12-17H2,(H,29,30)(H,31,32)(H,33,35)(H,34,36). The third-order valence-electron chi connectivity index (χ3n) is 6.04. The summed E-state index contributed by atoms with van der Waals surface area (Å²) in [4.78, 5) is 34.4. The van der Waals surface area contributed by atoms with E-state index in [0.717, 1.165) is 61.8 Å². The van der Waals surface area contributed by atoms with E-state index in [-0.39, 0.29) is 11.8 Å². The lowest BCUT2D eigenvalue weighted by Crippen LogP contribution is -2.20. The molecule has 2 aliphatic heterocycles. The number of amidine groups is 2. The lowest BCUT2D eigenvalue weighted by atomic mass is 10.1. The average molecular weight is 481 g/mol. The molecule has 3 aromatic carbocycles. The third-order valence-corrected chi connectivity index (χ3v) is 6.04. The van der Waals surface area contributed by atoms with Gasteiger partial charge in [-0.1, -0.05) is 30.3 Å². The van der Waals surface area contributed by atoms with Gasteiger partial charge in [-0.3, -0.25) is 19.6 Å². The highest BCUT2D eigenvalue weighted by Gasteiger charge is 2.12. The highest BCUT2D eigenvalue weighted by atomic mass is 16.2. The minimum atomic E-state index is -0.271. The molecule has 8 nitrogen and oxygen atoms in total. The molecule has 4 N–H and O–H groups in total. The van der Waals surface area contributed by atoms with Gasteiger partial charge in [0, 0.05) is 48.4 Å². The molecule has 0 radical (unpaired) electrons.